The van der Waals surface area contributed by atoms with Crippen LogP contribution >= 0.6 is 0 Å². The van der Waals surface area contributed by atoms with E-state index in [1.54, 1.807) is 20.8 Å². The number of aliphatic hydroxyl groups is 1. The number of H-pyrrole nitrogens is 1. The number of hydrogen-bond donors (Lipinski definition) is 3. The third-order valence-electron chi connectivity index (χ3n) is 2.22. The highest BCUT2D eigenvalue weighted by molar-refractivity contribution is 7.89. The van der Waals surface area contributed by atoms with Gasteiger partial charge in [-0.1, -0.05) is 0 Å². The van der Waals surface area contributed by atoms with Crippen molar-refractivity contribution in [1.82, 2.24) is 14.9 Å². The molecule has 0 saturated heterocycles. The van der Waals surface area contributed by atoms with Crippen molar-refractivity contribution >= 4 is 10.0 Å². The molecule has 6 nitrogen and oxygen atoms in total. The number of nitrogens with one attached hydrogen (secondary N) is 2. The Morgan fingerprint density at radius 3 is 2.62 bits per heavy atom. The van der Waals surface area contributed by atoms with Crippen molar-refractivity contribution in [1.29, 1.82) is 0 Å². The lowest BCUT2D eigenvalue weighted by atomic mass is 10.0. The van der Waals surface area contributed by atoms with E-state index in [1.807, 2.05) is 0 Å². The molecule has 0 atom stereocenters. The average Bonchev–Trinajstić information content (AvgIpc) is 2.49. The van der Waals surface area contributed by atoms with Gasteiger partial charge in [0.05, 0.1) is 11.9 Å². The smallest absolute Gasteiger partial charge is 0.244 e. The van der Waals surface area contributed by atoms with Crippen LogP contribution in [0.3, 0.4) is 0 Å². The predicted octanol–water partition coefficient (Wildman–Crippen LogP) is 0.157. The zero-order valence-corrected chi connectivity index (χ0v) is 10.4. The highest BCUT2D eigenvalue weighted by atomic mass is 32.2. The molecule has 1 aromatic heterocycles. The van der Waals surface area contributed by atoms with Crippen LogP contribution in [0.2, 0.25) is 0 Å². The van der Waals surface area contributed by atoms with E-state index in [4.69, 9.17) is 5.11 Å². The molecular formula is C9H17N3O3S. The maximum atomic E-state index is 12.0. The molecule has 16 heavy (non-hydrogen) atoms. The van der Waals surface area contributed by atoms with Crippen molar-refractivity contribution in [3.63, 3.8) is 0 Å². The lowest BCUT2D eigenvalue weighted by Gasteiger charge is -2.24. The summed E-state index contributed by atoms with van der Waals surface area (Å²) in [5.74, 6) is 0. The summed E-state index contributed by atoms with van der Waals surface area (Å²) in [4.78, 5) is 0.138. The topological polar surface area (TPSA) is 95.1 Å². The molecule has 0 radical (unpaired) electrons. The quantitative estimate of drug-likeness (QED) is 0.690. The van der Waals surface area contributed by atoms with E-state index in [9.17, 15) is 8.42 Å². The molecule has 1 aromatic rings. The summed E-state index contributed by atoms with van der Waals surface area (Å²) in [5.41, 5.74) is -0.190. The van der Waals surface area contributed by atoms with Crippen molar-refractivity contribution < 1.29 is 13.5 Å². The molecule has 0 unspecified atom stereocenters. The number of aromatic amines is 1. The monoisotopic (exact) mass is 247 g/mol. The molecule has 0 bridgehead atoms. The summed E-state index contributed by atoms with van der Waals surface area (Å²) in [5, 5.41) is 15.1. The van der Waals surface area contributed by atoms with Gasteiger partial charge in [0.1, 0.15) is 4.90 Å². The Bertz CT molecular complexity index is 450. The molecule has 0 aliphatic heterocycles. The second-order valence-electron chi connectivity index (χ2n) is 4.32. The minimum absolute atomic E-state index is 0.0696. The van der Waals surface area contributed by atoms with Gasteiger partial charge in [-0.15, -0.1) is 0 Å². The van der Waals surface area contributed by atoms with Crippen LogP contribution in [0.5, 0.6) is 0 Å². The van der Waals surface area contributed by atoms with Gasteiger partial charge in [0.25, 0.3) is 0 Å². The van der Waals surface area contributed by atoms with Gasteiger partial charge in [-0.25, -0.2) is 13.1 Å². The molecule has 1 heterocycles. The van der Waals surface area contributed by atoms with E-state index in [2.05, 4.69) is 14.9 Å². The Labute approximate surface area is 95.1 Å². The second kappa shape index (κ2) is 4.52. The molecule has 0 amide bonds. The zero-order valence-electron chi connectivity index (χ0n) is 9.61. The Morgan fingerprint density at radius 1 is 1.56 bits per heavy atom. The first kappa shape index (κ1) is 13.1. The number of aliphatic hydroxyl groups excluding tert-OH is 1. The van der Waals surface area contributed by atoms with Gasteiger partial charge in [-0.2, -0.15) is 5.10 Å². The minimum atomic E-state index is -3.58. The number of nitrogens with zero attached hydrogens (tertiary/aromatic N) is 1. The zero-order chi connectivity index (χ0) is 12.4. The predicted molar refractivity (Wildman–Crippen MR) is 59.4 cm³/mol. The Balaban J connectivity index is 2.93. The van der Waals surface area contributed by atoms with Crippen LogP contribution < -0.4 is 4.72 Å². The Morgan fingerprint density at radius 2 is 2.19 bits per heavy atom. The van der Waals surface area contributed by atoms with E-state index in [1.165, 1.54) is 6.20 Å². The molecule has 0 aliphatic rings. The maximum absolute atomic E-state index is 12.0. The Hall–Kier alpha value is -0.920. The number of sulfonamides is 1. The van der Waals surface area contributed by atoms with E-state index in [-0.39, 0.29) is 11.5 Å². The molecule has 92 valence electrons. The summed E-state index contributed by atoms with van der Waals surface area (Å²) in [6.45, 7) is 5.01. The first-order chi connectivity index (χ1) is 7.28. The fraction of sp³-hybridized carbons (Fsp3) is 0.667. The van der Waals surface area contributed by atoms with Crippen LogP contribution in [-0.4, -0.2) is 35.9 Å². The van der Waals surface area contributed by atoms with Crippen LogP contribution in [-0.2, 0) is 10.0 Å². The van der Waals surface area contributed by atoms with Gasteiger partial charge in [-0.3, -0.25) is 5.10 Å². The van der Waals surface area contributed by atoms with Crippen LogP contribution in [0.15, 0.2) is 11.1 Å². The van der Waals surface area contributed by atoms with Gasteiger partial charge >= 0.3 is 0 Å². The summed E-state index contributed by atoms with van der Waals surface area (Å²) < 4.78 is 26.4. The summed E-state index contributed by atoms with van der Waals surface area (Å²) in [6.07, 6.45) is 1.62. The number of aryl methyl sites for hydroxylation is 1. The molecule has 0 spiro atoms. The molecule has 0 aromatic carbocycles. The minimum Gasteiger partial charge on any atom is -0.396 e. The third-order valence-corrected chi connectivity index (χ3v) is 4.03. The first-order valence-electron chi connectivity index (χ1n) is 4.93. The van der Waals surface area contributed by atoms with Crippen molar-refractivity contribution in [3.8, 4) is 0 Å². The van der Waals surface area contributed by atoms with Gasteiger partial charge in [0.15, 0.2) is 0 Å². The Kier molecular flexibility index (Phi) is 3.72. The van der Waals surface area contributed by atoms with Gasteiger partial charge in [-0.05, 0) is 27.2 Å². The summed E-state index contributed by atoms with van der Waals surface area (Å²) in [7, 11) is -3.58. The number of hydrogen-bond acceptors (Lipinski definition) is 4. The molecule has 0 aliphatic carbocycles. The summed E-state index contributed by atoms with van der Waals surface area (Å²) >= 11 is 0. The second-order valence-corrected chi connectivity index (χ2v) is 5.97. The van der Waals surface area contributed by atoms with Crippen LogP contribution in [0.1, 0.15) is 26.0 Å². The van der Waals surface area contributed by atoms with Crippen molar-refractivity contribution in [2.75, 3.05) is 6.61 Å². The lowest BCUT2D eigenvalue weighted by Crippen LogP contribution is -2.43. The number of rotatable bonds is 5. The van der Waals surface area contributed by atoms with Crippen molar-refractivity contribution in [2.45, 2.75) is 37.6 Å². The largest absolute Gasteiger partial charge is 0.396 e. The molecule has 0 fully saturated rings. The molecule has 1 rings (SSSR count). The highest BCUT2D eigenvalue weighted by Crippen LogP contribution is 2.16. The standard InChI is InChI=1S/C9H17N3O3S/c1-7-8(6-10-11-7)16(14,15)12-9(2,3)4-5-13/h6,12-13H,4-5H2,1-3H3,(H,10,11). The van der Waals surface area contributed by atoms with Crippen LogP contribution in [0.25, 0.3) is 0 Å². The van der Waals surface area contributed by atoms with E-state index in [0.29, 0.717) is 12.1 Å². The fourth-order valence-corrected chi connectivity index (χ4v) is 2.94. The summed E-state index contributed by atoms with van der Waals surface area (Å²) in [6, 6.07) is 0. The molecular weight excluding hydrogens is 230 g/mol. The maximum Gasteiger partial charge on any atom is 0.244 e. The van der Waals surface area contributed by atoms with Gasteiger partial charge in [0, 0.05) is 12.1 Å². The van der Waals surface area contributed by atoms with E-state index in [0.717, 1.165) is 0 Å². The average molecular weight is 247 g/mol. The van der Waals surface area contributed by atoms with Crippen molar-refractivity contribution in [3.05, 3.63) is 11.9 Å². The van der Waals surface area contributed by atoms with Crippen molar-refractivity contribution in [2.24, 2.45) is 0 Å². The van der Waals surface area contributed by atoms with E-state index >= 15 is 0 Å². The number of aromatic nitrogens is 2. The molecule has 3 N–H and O–H groups in total. The third kappa shape index (κ3) is 3.03. The fourth-order valence-electron chi connectivity index (χ4n) is 1.36. The normalized spacial score (nSPS) is 13.0. The van der Waals surface area contributed by atoms with Gasteiger partial charge < -0.3 is 5.11 Å². The lowest BCUT2D eigenvalue weighted by molar-refractivity contribution is 0.245. The van der Waals surface area contributed by atoms with Crippen LogP contribution in [0, 0.1) is 6.92 Å². The SMILES string of the molecule is Cc1[nH]ncc1S(=O)(=O)NC(C)(C)CCO. The first-order valence-corrected chi connectivity index (χ1v) is 6.42. The molecule has 7 heteroatoms. The van der Waals surface area contributed by atoms with Gasteiger partial charge in [0.2, 0.25) is 10.0 Å². The highest BCUT2D eigenvalue weighted by Gasteiger charge is 2.27. The van der Waals surface area contributed by atoms with E-state index < -0.39 is 15.6 Å². The molecule has 0 saturated carbocycles. The van der Waals surface area contributed by atoms with Crippen LogP contribution in [0.4, 0.5) is 0 Å².